The number of rotatable bonds is 3. The van der Waals surface area contributed by atoms with Crippen LogP contribution in [0.3, 0.4) is 0 Å². The second-order valence-electron chi connectivity index (χ2n) is 3.87. The normalized spacial score (nSPS) is 11.4. The van der Waals surface area contributed by atoms with Gasteiger partial charge in [0.1, 0.15) is 0 Å². The molecule has 1 aromatic heterocycles. The number of aryl methyl sites for hydroxylation is 1. The van der Waals surface area contributed by atoms with Gasteiger partial charge >= 0.3 is 0 Å². The molecule has 0 saturated heterocycles. The van der Waals surface area contributed by atoms with Crippen molar-refractivity contribution in [3.63, 3.8) is 0 Å². The van der Waals surface area contributed by atoms with Crippen LogP contribution in [0.5, 0.6) is 0 Å². The number of halogens is 1. The van der Waals surface area contributed by atoms with Crippen molar-refractivity contribution < 1.29 is 13.0 Å². The van der Waals surface area contributed by atoms with Crippen LogP contribution in [-0.2, 0) is 10.1 Å². The Labute approximate surface area is 122 Å². The molecule has 0 bridgehead atoms. The van der Waals surface area contributed by atoms with E-state index in [4.69, 9.17) is 16.2 Å². The highest BCUT2D eigenvalue weighted by Gasteiger charge is 2.13. The van der Waals surface area contributed by atoms with Gasteiger partial charge in [0.2, 0.25) is 11.2 Å². The first-order valence-corrected chi connectivity index (χ1v) is 7.67. The number of hydrogen-bond donors (Lipinski definition) is 2. The molecule has 0 amide bonds. The molecular formula is C10H10ClN4O3PS. The smallest absolute Gasteiger partial charge is 0.294 e. The van der Waals surface area contributed by atoms with E-state index in [1.54, 1.807) is 13.0 Å². The van der Waals surface area contributed by atoms with Crippen LogP contribution in [0, 0.1) is 6.92 Å². The molecule has 2 N–H and O–H groups in total. The van der Waals surface area contributed by atoms with Gasteiger partial charge in [-0.15, -0.1) is 0 Å². The first-order valence-electron chi connectivity index (χ1n) is 5.28. The molecule has 0 spiro atoms. The Morgan fingerprint density at radius 3 is 2.55 bits per heavy atom. The standard InChI is InChI=1S/C10H10ClN4O3PS/c1-5-4-6(2-3-7(5)20(16,17)18)12-9-13-8(11)14-10(19)15-9/h2-4H,19H2,1H3,(H,16,17,18)(H,12,13,14,15). The highest BCUT2D eigenvalue weighted by Crippen LogP contribution is 2.21. The molecule has 10 heteroatoms. The fourth-order valence-electron chi connectivity index (χ4n) is 1.57. The quantitative estimate of drug-likeness (QED) is 0.645. The van der Waals surface area contributed by atoms with E-state index in [1.807, 2.05) is 0 Å². The highest BCUT2D eigenvalue weighted by molar-refractivity contribution is 7.85. The van der Waals surface area contributed by atoms with Gasteiger partial charge in [-0.25, -0.2) is 0 Å². The second-order valence-corrected chi connectivity index (χ2v) is 6.11. The monoisotopic (exact) mass is 332 g/mol. The Hall–Kier alpha value is -1.34. The van der Waals surface area contributed by atoms with E-state index in [1.165, 1.54) is 12.1 Å². The fourth-order valence-corrected chi connectivity index (χ4v) is 2.77. The van der Waals surface area contributed by atoms with Gasteiger partial charge in [-0.1, -0.05) is 9.24 Å². The third-order valence-electron chi connectivity index (χ3n) is 2.33. The Bertz CT molecular complexity index is 749. The molecule has 0 fully saturated rings. The van der Waals surface area contributed by atoms with Crippen molar-refractivity contribution in [1.29, 1.82) is 0 Å². The van der Waals surface area contributed by atoms with Crippen LogP contribution in [0.25, 0.3) is 0 Å². The molecule has 20 heavy (non-hydrogen) atoms. The first-order chi connectivity index (χ1) is 9.25. The van der Waals surface area contributed by atoms with E-state index in [0.29, 0.717) is 16.8 Å². The molecule has 7 nitrogen and oxygen atoms in total. The van der Waals surface area contributed by atoms with E-state index >= 15 is 0 Å². The third kappa shape index (κ3) is 3.61. The van der Waals surface area contributed by atoms with Crippen molar-refractivity contribution in [3.8, 4) is 0 Å². The van der Waals surface area contributed by atoms with Crippen molar-refractivity contribution in [3.05, 3.63) is 29.0 Å². The zero-order chi connectivity index (χ0) is 14.9. The lowest BCUT2D eigenvalue weighted by Crippen LogP contribution is -2.10. The summed E-state index contributed by atoms with van der Waals surface area (Å²) < 4.78 is 31.2. The van der Waals surface area contributed by atoms with E-state index in [-0.39, 0.29) is 16.1 Å². The molecule has 0 aliphatic carbocycles. The molecule has 1 atom stereocenters. The molecule has 0 saturated carbocycles. The number of hydrogen-bond acceptors (Lipinski definition) is 6. The zero-order valence-corrected chi connectivity index (χ0v) is 12.9. The van der Waals surface area contributed by atoms with Crippen molar-refractivity contribution in [2.75, 3.05) is 5.32 Å². The Kier molecular flexibility index (Phi) is 4.19. The van der Waals surface area contributed by atoms with E-state index < -0.39 is 10.1 Å². The molecule has 2 rings (SSSR count). The maximum absolute atomic E-state index is 11.1. The number of aromatic nitrogens is 3. The van der Waals surface area contributed by atoms with Crippen molar-refractivity contribution in [2.45, 2.75) is 11.8 Å². The van der Waals surface area contributed by atoms with E-state index in [2.05, 4.69) is 29.5 Å². The van der Waals surface area contributed by atoms with Gasteiger partial charge in [-0.05, 0) is 42.3 Å². The minimum absolute atomic E-state index is 0.0405. The Morgan fingerprint density at radius 1 is 1.30 bits per heavy atom. The lowest BCUT2D eigenvalue weighted by atomic mass is 10.2. The van der Waals surface area contributed by atoms with Crippen molar-refractivity contribution in [1.82, 2.24) is 15.0 Å². The summed E-state index contributed by atoms with van der Waals surface area (Å²) in [4.78, 5) is 11.5. The molecule has 106 valence electrons. The summed E-state index contributed by atoms with van der Waals surface area (Å²) >= 11 is 5.70. The average molecular weight is 333 g/mol. The highest BCUT2D eigenvalue weighted by atomic mass is 35.5. The molecular weight excluding hydrogens is 323 g/mol. The van der Waals surface area contributed by atoms with Gasteiger partial charge in [0, 0.05) is 5.69 Å². The number of nitrogens with zero attached hydrogens (tertiary/aromatic N) is 3. The first kappa shape index (κ1) is 15.1. The Morgan fingerprint density at radius 2 is 2.00 bits per heavy atom. The minimum Gasteiger partial charge on any atom is -0.324 e. The molecule has 1 heterocycles. The topological polar surface area (TPSA) is 105 Å². The lowest BCUT2D eigenvalue weighted by molar-refractivity contribution is 0.482. The molecule has 0 radical (unpaired) electrons. The van der Waals surface area contributed by atoms with Crippen LogP contribution in [0.4, 0.5) is 11.6 Å². The zero-order valence-electron chi connectivity index (χ0n) is 10.2. The van der Waals surface area contributed by atoms with Gasteiger partial charge in [-0.3, -0.25) is 4.55 Å². The van der Waals surface area contributed by atoms with Gasteiger partial charge in [0.25, 0.3) is 10.1 Å². The molecule has 1 aromatic carbocycles. The summed E-state index contributed by atoms with van der Waals surface area (Å²) in [5, 5.41) is 2.91. The lowest BCUT2D eigenvalue weighted by Gasteiger charge is -2.08. The number of anilines is 2. The molecule has 0 aliphatic rings. The van der Waals surface area contributed by atoms with Crippen LogP contribution in [0.1, 0.15) is 5.56 Å². The van der Waals surface area contributed by atoms with Crippen LogP contribution in [-0.4, -0.2) is 27.9 Å². The maximum atomic E-state index is 11.1. The van der Waals surface area contributed by atoms with Gasteiger partial charge in [-0.2, -0.15) is 23.4 Å². The molecule has 0 aliphatic heterocycles. The maximum Gasteiger partial charge on any atom is 0.294 e. The molecule has 1 unspecified atom stereocenters. The van der Waals surface area contributed by atoms with Gasteiger partial charge in [0.05, 0.1) is 4.90 Å². The largest absolute Gasteiger partial charge is 0.324 e. The van der Waals surface area contributed by atoms with E-state index in [9.17, 15) is 8.42 Å². The van der Waals surface area contributed by atoms with Crippen molar-refractivity contribution >= 4 is 48.2 Å². The summed E-state index contributed by atoms with van der Waals surface area (Å²) in [5.74, 6) is 0.231. The third-order valence-corrected chi connectivity index (χ3v) is 3.78. The SMILES string of the molecule is Cc1cc(Nc2nc(P)nc(Cl)n2)ccc1S(=O)(=O)O. The summed E-state index contributed by atoms with van der Waals surface area (Å²) in [6.07, 6.45) is 0. The fraction of sp³-hybridized carbons (Fsp3) is 0.100. The van der Waals surface area contributed by atoms with Gasteiger partial charge in [0.15, 0.2) is 5.57 Å². The van der Waals surface area contributed by atoms with Gasteiger partial charge < -0.3 is 5.32 Å². The van der Waals surface area contributed by atoms with Crippen LogP contribution >= 0.6 is 20.8 Å². The van der Waals surface area contributed by atoms with Crippen LogP contribution in [0.2, 0.25) is 5.28 Å². The van der Waals surface area contributed by atoms with Crippen LogP contribution in [0.15, 0.2) is 23.1 Å². The predicted octanol–water partition coefficient (Wildman–Crippen LogP) is 1.32. The van der Waals surface area contributed by atoms with Crippen molar-refractivity contribution in [2.24, 2.45) is 0 Å². The second kappa shape index (κ2) is 5.57. The van der Waals surface area contributed by atoms with E-state index in [0.717, 1.165) is 0 Å². The summed E-state index contributed by atoms with van der Waals surface area (Å²) in [6, 6.07) is 4.32. The number of benzene rings is 1. The average Bonchev–Trinajstić information content (AvgIpc) is 2.25. The number of nitrogens with one attached hydrogen (secondary N) is 1. The molecule has 2 aromatic rings. The Balaban J connectivity index is 2.33. The minimum atomic E-state index is -4.23. The van der Waals surface area contributed by atoms with Crippen LogP contribution < -0.4 is 10.9 Å². The summed E-state index contributed by atoms with van der Waals surface area (Å²) in [6.45, 7) is 1.57. The predicted molar refractivity (Wildman–Crippen MR) is 78.5 cm³/mol. The summed E-state index contributed by atoms with van der Waals surface area (Å²) in [5.41, 5.74) is 1.32. The summed E-state index contributed by atoms with van der Waals surface area (Å²) in [7, 11) is -1.93.